The lowest BCUT2D eigenvalue weighted by atomic mass is 10.1. The number of aromatic nitrogens is 2. The smallest absolute Gasteiger partial charge is 0.227 e. The van der Waals surface area contributed by atoms with Gasteiger partial charge in [-0.15, -0.1) is 11.8 Å². The van der Waals surface area contributed by atoms with E-state index in [2.05, 4.69) is 22.2 Å². The second-order valence-electron chi connectivity index (χ2n) is 5.66. The lowest BCUT2D eigenvalue weighted by Gasteiger charge is -2.32. The molecule has 0 bridgehead atoms. The molecule has 1 saturated heterocycles. The molecule has 1 aromatic heterocycles. The van der Waals surface area contributed by atoms with Gasteiger partial charge in [0, 0.05) is 12.5 Å². The van der Waals surface area contributed by atoms with E-state index in [0.717, 1.165) is 22.6 Å². The molecule has 8 heteroatoms. The third-order valence-electron chi connectivity index (χ3n) is 3.73. The fourth-order valence-corrected chi connectivity index (χ4v) is 2.64. The fourth-order valence-electron chi connectivity index (χ4n) is 2.34. The molecular formula is C17H20N4O3S. The number of benzene rings is 1. The highest BCUT2D eigenvalue weighted by molar-refractivity contribution is 7.99. The second-order valence-corrected chi connectivity index (χ2v) is 6.88. The van der Waals surface area contributed by atoms with E-state index in [1.165, 1.54) is 0 Å². The Bertz CT molecular complexity index is 750. The molecule has 0 spiro atoms. The number of oxime groups is 1. The minimum Gasteiger partial charge on any atom is -0.385 e. The van der Waals surface area contributed by atoms with Crippen molar-refractivity contribution in [2.45, 2.75) is 20.3 Å². The molecule has 0 N–H and O–H groups in total. The highest BCUT2D eigenvalue weighted by Crippen LogP contribution is 2.17. The summed E-state index contributed by atoms with van der Waals surface area (Å²) in [5.74, 6) is 2.73. The van der Waals surface area contributed by atoms with Gasteiger partial charge in [-0.1, -0.05) is 41.5 Å². The van der Waals surface area contributed by atoms with Crippen LogP contribution >= 0.6 is 11.8 Å². The summed E-state index contributed by atoms with van der Waals surface area (Å²) in [4.78, 5) is 23.4. The Labute approximate surface area is 150 Å². The van der Waals surface area contributed by atoms with Gasteiger partial charge in [-0.25, -0.2) is 0 Å². The molecule has 25 heavy (non-hydrogen) atoms. The lowest BCUT2D eigenvalue weighted by Crippen LogP contribution is -2.51. The van der Waals surface area contributed by atoms with E-state index in [9.17, 15) is 4.79 Å². The standard InChI is InChI=1S/C17H20N4O3S/c1-3-25-11-23-19-15-9-21(10-15)16(22)8-13-4-6-14(7-5-13)17-18-12(2)24-20-17/h4-7H,3,8-11H2,1-2H3. The van der Waals surface area contributed by atoms with Crippen LogP contribution in [0.4, 0.5) is 0 Å². The van der Waals surface area contributed by atoms with Crippen LogP contribution < -0.4 is 0 Å². The SMILES string of the molecule is CCSCON=C1CN(C(=O)Cc2ccc(-c3noc(C)n3)cc2)C1. The zero-order chi connectivity index (χ0) is 17.6. The molecular weight excluding hydrogens is 340 g/mol. The zero-order valence-corrected chi connectivity index (χ0v) is 15.1. The van der Waals surface area contributed by atoms with E-state index in [1.54, 1.807) is 23.6 Å². The first-order chi connectivity index (χ1) is 12.2. The summed E-state index contributed by atoms with van der Waals surface area (Å²) in [5, 5.41) is 7.92. The number of carbonyl (C=O) groups is 1. The lowest BCUT2D eigenvalue weighted by molar-refractivity contribution is -0.130. The first-order valence-electron chi connectivity index (χ1n) is 8.08. The van der Waals surface area contributed by atoms with Crippen molar-refractivity contribution in [2.75, 3.05) is 24.8 Å². The van der Waals surface area contributed by atoms with Gasteiger partial charge in [0.2, 0.25) is 17.6 Å². The van der Waals surface area contributed by atoms with Crippen molar-refractivity contribution in [3.63, 3.8) is 0 Å². The summed E-state index contributed by atoms with van der Waals surface area (Å²) in [6.45, 7) is 4.92. The van der Waals surface area contributed by atoms with Crippen molar-refractivity contribution < 1.29 is 14.2 Å². The van der Waals surface area contributed by atoms with Gasteiger partial charge in [0.15, 0.2) is 5.94 Å². The van der Waals surface area contributed by atoms with Gasteiger partial charge in [-0.2, -0.15) is 4.98 Å². The van der Waals surface area contributed by atoms with Crippen molar-refractivity contribution in [3.05, 3.63) is 35.7 Å². The Kier molecular flexibility index (Phi) is 5.70. The number of likely N-dealkylation sites (tertiary alicyclic amines) is 1. The molecule has 0 atom stereocenters. The molecule has 0 aliphatic carbocycles. The third kappa shape index (κ3) is 4.60. The molecule has 2 heterocycles. The van der Waals surface area contributed by atoms with E-state index < -0.39 is 0 Å². The normalized spacial score (nSPS) is 13.5. The maximum Gasteiger partial charge on any atom is 0.227 e. The molecule has 3 rings (SSSR count). The number of aryl methyl sites for hydroxylation is 1. The number of nitrogens with zero attached hydrogens (tertiary/aromatic N) is 4. The molecule has 1 fully saturated rings. The van der Waals surface area contributed by atoms with E-state index in [0.29, 0.717) is 37.2 Å². The van der Waals surface area contributed by atoms with Crippen LogP contribution in [0.1, 0.15) is 18.4 Å². The van der Waals surface area contributed by atoms with Crippen LogP contribution in [0.2, 0.25) is 0 Å². The largest absolute Gasteiger partial charge is 0.385 e. The average molecular weight is 360 g/mol. The predicted octanol–water partition coefficient (Wildman–Crippen LogP) is 2.51. The number of thioether (sulfide) groups is 1. The molecule has 132 valence electrons. The summed E-state index contributed by atoms with van der Waals surface area (Å²) in [6, 6.07) is 7.63. The van der Waals surface area contributed by atoms with Crippen LogP contribution in [-0.4, -0.2) is 51.4 Å². The van der Waals surface area contributed by atoms with E-state index >= 15 is 0 Å². The molecule has 7 nitrogen and oxygen atoms in total. The van der Waals surface area contributed by atoms with Gasteiger partial charge >= 0.3 is 0 Å². The van der Waals surface area contributed by atoms with Gasteiger partial charge in [-0.05, 0) is 11.3 Å². The molecule has 0 unspecified atom stereocenters. The predicted molar refractivity (Wildman–Crippen MR) is 96.3 cm³/mol. The molecule has 1 amide bonds. The molecule has 0 radical (unpaired) electrons. The van der Waals surface area contributed by atoms with E-state index in [1.807, 2.05) is 24.3 Å². The summed E-state index contributed by atoms with van der Waals surface area (Å²) in [7, 11) is 0. The fraction of sp³-hybridized carbons (Fsp3) is 0.412. The van der Waals surface area contributed by atoms with Crippen molar-refractivity contribution in [1.82, 2.24) is 15.0 Å². The number of hydrogen-bond donors (Lipinski definition) is 0. The minimum atomic E-state index is 0.0880. The summed E-state index contributed by atoms with van der Waals surface area (Å²) < 4.78 is 4.97. The van der Waals surface area contributed by atoms with Crippen LogP contribution in [0.5, 0.6) is 0 Å². The van der Waals surface area contributed by atoms with Gasteiger partial charge in [0.1, 0.15) is 0 Å². The average Bonchev–Trinajstić information content (AvgIpc) is 3.00. The van der Waals surface area contributed by atoms with E-state index in [-0.39, 0.29) is 5.91 Å². The second kappa shape index (κ2) is 8.15. The Morgan fingerprint density at radius 3 is 2.76 bits per heavy atom. The molecule has 2 aromatic rings. The summed E-state index contributed by atoms with van der Waals surface area (Å²) in [5.41, 5.74) is 2.73. The first kappa shape index (κ1) is 17.5. The van der Waals surface area contributed by atoms with Gasteiger partial charge in [-0.3, -0.25) is 4.79 Å². The van der Waals surface area contributed by atoms with Gasteiger partial charge in [0.05, 0.1) is 25.2 Å². The first-order valence-corrected chi connectivity index (χ1v) is 9.24. The van der Waals surface area contributed by atoms with Crippen molar-refractivity contribution in [1.29, 1.82) is 0 Å². The summed E-state index contributed by atoms with van der Waals surface area (Å²) >= 11 is 1.67. The quantitative estimate of drug-likeness (QED) is 0.429. The number of carbonyl (C=O) groups excluding carboxylic acids is 1. The minimum absolute atomic E-state index is 0.0880. The van der Waals surface area contributed by atoms with Crippen LogP contribution in [0.25, 0.3) is 11.4 Å². The number of amides is 1. The maximum atomic E-state index is 12.3. The van der Waals surface area contributed by atoms with Crippen LogP contribution in [-0.2, 0) is 16.1 Å². The van der Waals surface area contributed by atoms with Gasteiger partial charge in [0.25, 0.3) is 0 Å². The Hall–Kier alpha value is -2.35. The van der Waals surface area contributed by atoms with E-state index in [4.69, 9.17) is 9.36 Å². The van der Waals surface area contributed by atoms with Crippen LogP contribution in [0, 0.1) is 6.92 Å². The van der Waals surface area contributed by atoms with Gasteiger partial charge < -0.3 is 14.3 Å². The molecule has 1 aliphatic rings. The van der Waals surface area contributed by atoms with Crippen molar-refractivity contribution in [3.8, 4) is 11.4 Å². The Morgan fingerprint density at radius 2 is 2.12 bits per heavy atom. The topological polar surface area (TPSA) is 80.8 Å². The Balaban J connectivity index is 1.47. The maximum absolute atomic E-state index is 12.3. The summed E-state index contributed by atoms with van der Waals surface area (Å²) in [6.07, 6.45) is 0.366. The molecule has 0 saturated carbocycles. The third-order valence-corrected chi connectivity index (χ3v) is 4.41. The molecule has 1 aliphatic heterocycles. The van der Waals surface area contributed by atoms with Crippen LogP contribution in [0.3, 0.4) is 0 Å². The highest BCUT2D eigenvalue weighted by Gasteiger charge is 2.27. The van der Waals surface area contributed by atoms with Crippen LogP contribution in [0.15, 0.2) is 33.9 Å². The zero-order valence-electron chi connectivity index (χ0n) is 14.3. The van der Waals surface area contributed by atoms with Crippen molar-refractivity contribution >= 4 is 23.4 Å². The number of rotatable bonds is 7. The number of hydrogen-bond acceptors (Lipinski definition) is 7. The van der Waals surface area contributed by atoms with Crippen molar-refractivity contribution in [2.24, 2.45) is 5.16 Å². The monoisotopic (exact) mass is 360 g/mol. The Morgan fingerprint density at radius 1 is 1.36 bits per heavy atom. The molecule has 1 aromatic carbocycles. The highest BCUT2D eigenvalue weighted by atomic mass is 32.2.